The van der Waals surface area contributed by atoms with Crippen molar-refractivity contribution in [3.8, 4) is 17.2 Å². The van der Waals surface area contributed by atoms with Gasteiger partial charge < -0.3 is 29.2 Å². The Bertz CT molecular complexity index is 1230. The van der Waals surface area contributed by atoms with Gasteiger partial charge in [0.2, 0.25) is 0 Å². The lowest BCUT2D eigenvalue weighted by Crippen LogP contribution is -2.53. The summed E-state index contributed by atoms with van der Waals surface area (Å²) in [6, 6.07) is 7.01. The Kier molecular flexibility index (Phi) is 7.12. The molecule has 0 unspecified atom stereocenters. The fourth-order valence-electron chi connectivity index (χ4n) is 4.63. The van der Waals surface area contributed by atoms with E-state index in [4.69, 9.17) is 14.2 Å². The first kappa shape index (κ1) is 23.5. The summed E-state index contributed by atoms with van der Waals surface area (Å²) in [7, 11) is 0. The van der Waals surface area contributed by atoms with Crippen molar-refractivity contribution in [2.45, 2.75) is 38.6 Å². The molecule has 2 aliphatic heterocycles. The fraction of sp³-hybridized carbons (Fsp3) is 0.480. The van der Waals surface area contributed by atoms with E-state index < -0.39 is 6.10 Å². The third kappa shape index (κ3) is 5.39. The van der Waals surface area contributed by atoms with E-state index in [-0.39, 0.29) is 11.6 Å². The number of nitrogens with one attached hydrogen (secondary N) is 1. The summed E-state index contributed by atoms with van der Waals surface area (Å²) < 4.78 is 18.4. The molecule has 35 heavy (non-hydrogen) atoms. The molecule has 186 valence electrons. The van der Waals surface area contributed by atoms with Crippen LogP contribution in [0.5, 0.6) is 17.2 Å². The average Bonchev–Trinajstić information content (AvgIpc) is 2.87. The molecule has 1 saturated heterocycles. The van der Waals surface area contributed by atoms with Crippen LogP contribution in [0.3, 0.4) is 0 Å². The number of piperidine rings is 1. The first-order valence-corrected chi connectivity index (χ1v) is 12.1. The van der Waals surface area contributed by atoms with Crippen LogP contribution in [0.2, 0.25) is 0 Å². The molecule has 0 amide bonds. The molecule has 10 nitrogen and oxygen atoms in total. The molecule has 5 rings (SSSR count). The number of β-amino-alcohol motifs (C(OH)–C–C–N with tert-alkyl or cyclic N) is 1. The Labute approximate surface area is 203 Å². The van der Waals surface area contributed by atoms with Crippen LogP contribution in [0.25, 0.3) is 11.0 Å². The predicted molar refractivity (Wildman–Crippen MR) is 130 cm³/mol. The molecule has 2 atom stereocenters. The molecular weight excluding hydrogens is 450 g/mol. The molecule has 0 saturated carbocycles. The maximum Gasteiger partial charge on any atom is 0.251 e. The summed E-state index contributed by atoms with van der Waals surface area (Å²) in [6.45, 7) is 6.60. The van der Waals surface area contributed by atoms with Gasteiger partial charge in [0, 0.05) is 50.4 Å². The van der Waals surface area contributed by atoms with Gasteiger partial charge in [0.15, 0.2) is 11.5 Å². The maximum atomic E-state index is 12.6. The van der Waals surface area contributed by atoms with Gasteiger partial charge in [-0.15, -0.1) is 0 Å². The Morgan fingerprint density at radius 2 is 2.00 bits per heavy atom. The molecule has 0 aliphatic carbocycles. The molecule has 3 aromatic heterocycles. The molecule has 2 N–H and O–H groups in total. The van der Waals surface area contributed by atoms with E-state index in [1.807, 2.05) is 19.1 Å². The number of likely N-dealkylation sites (tertiary alicyclic amines) is 1. The Morgan fingerprint density at radius 1 is 1.14 bits per heavy atom. The number of rotatable bonds is 8. The van der Waals surface area contributed by atoms with E-state index in [9.17, 15) is 9.90 Å². The number of fused-ring (bicyclic) bond motifs is 2. The normalized spacial score (nSPS) is 20.2. The fourth-order valence-corrected chi connectivity index (χ4v) is 4.63. The van der Waals surface area contributed by atoms with E-state index in [0.717, 1.165) is 29.7 Å². The van der Waals surface area contributed by atoms with Crippen LogP contribution in [0.4, 0.5) is 0 Å². The summed E-state index contributed by atoms with van der Waals surface area (Å²) in [4.78, 5) is 23.6. The minimum Gasteiger partial charge on any atom is -0.492 e. The monoisotopic (exact) mass is 481 g/mol. The molecular formula is C25H31N5O5. The molecule has 3 aromatic rings. The Morgan fingerprint density at radius 3 is 2.83 bits per heavy atom. The van der Waals surface area contributed by atoms with Crippen LogP contribution in [0, 0.1) is 0 Å². The summed E-state index contributed by atoms with van der Waals surface area (Å²) in [6.07, 6.45) is 3.64. The lowest BCUT2D eigenvalue weighted by molar-refractivity contribution is 0.0384. The third-order valence-corrected chi connectivity index (χ3v) is 6.46. The Balaban J connectivity index is 1.17. The first-order chi connectivity index (χ1) is 17.1. The van der Waals surface area contributed by atoms with E-state index in [0.29, 0.717) is 63.2 Å². The molecule has 0 spiro atoms. The largest absolute Gasteiger partial charge is 0.492 e. The van der Waals surface area contributed by atoms with Crippen LogP contribution < -0.4 is 25.1 Å². The average molecular weight is 482 g/mol. The highest BCUT2D eigenvalue weighted by Gasteiger charge is 2.27. The summed E-state index contributed by atoms with van der Waals surface area (Å²) in [5.74, 6) is 2.03. The van der Waals surface area contributed by atoms with Gasteiger partial charge in [-0.05, 0) is 26.0 Å². The lowest BCUT2D eigenvalue weighted by atomic mass is 10.0. The summed E-state index contributed by atoms with van der Waals surface area (Å²) >= 11 is 0. The van der Waals surface area contributed by atoms with Gasteiger partial charge in [-0.2, -0.15) is 0 Å². The van der Waals surface area contributed by atoms with Crippen molar-refractivity contribution < 1.29 is 19.3 Å². The number of nitrogens with zero attached hydrogens (tertiary/aromatic N) is 4. The minimum absolute atomic E-state index is 0.0283. The highest BCUT2D eigenvalue weighted by atomic mass is 16.6. The van der Waals surface area contributed by atoms with Crippen LogP contribution >= 0.6 is 0 Å². The number of aliphatic hydroxyl groups excluding tert-OH is 1. The van der Waals surface area contributed by atoms with Crippen LogP contribution in [-0.2, 0) is 13.1 Å². The zero-order valence-electron chi connectivity index (χ0n) is 19.9. The molecule has 0 radical (unpaired) electrons. The van der Waals surface area contributed by atoms with E-state index in [1.165, 1.54) is 0 Å². The quantitative estimate of drug-likeness (QED) is 0.490. The van der Waals surface area contributed by atoms with E-state index in [1.54, 1.807) is 29.1 Å². The van der Waals surface area contributed by atoms with Crippen molar-refractivity contribution in [2.24, 2.45) is 0 Å². The molecule has 0 aromatic carbocycles. The van der Waals surface area contributed by atoms with Crippen molar-refractivity contribution in [3.63, 3.8) is 0 Å². The summed E-state index contributed by atoms with van der Waals surface area (Å²) in [5, 5.41) is 14.2. The van der Waals surface area contributed by atoms with Gasteiger partial charge in [-0.3, -0.25) is 19.7 Å². The molecule has 5 heterocycles. The number of pyridine rings is 3. The third-order valence-electron chi connectivity index (χ3n) is 6.46. The van der Waals surface area contributed by atoms with Gasteiger partial charge in [0.05, 0.1) is 41.8 Å². The van der Waals surface area contributed by atoms with Crippen molar-refractivity contribution in [1.29, 1.82) is 0 Å². The maximum absolute atomic E-state index is 12.6. The highest BCUT2D eigenvalue weighted by molar-refractivity contribution is 5.75. The number of ether oxygens (including phenoxy) is 3. The smallest absolute Gasteiger partial charge is 0.251 e. The second-order valence-electron chi connectivity index (χ2n) is 8.79. The number of aromatic nitrogens is 3. The number of hydrogen-bond donors (Lipinski definition) is 2. The zero-order chi connectivity index (χ0) is 24.2. The molecule has 10 heteroatoms. The van der Waals surface area contributed by atoms with Crippen LogP contribution in [0.15, 0.2) is 41.5 Å². The zero-order valence-corrected chi connectivity index (χ0v) is 19.9. The van der Waals surface area contributed by atoms with Gasteiger partial charge in [0.25, 0.3) is 5.56 Å². The van der Waals surface area contributed by atoms with Gasteiger partial charge in [-0.25, -0.2) is 0 Å². The SMILES string of the molecule is CCOc1cnc2ccc(=O)n(CCN3CC[C@H](NCc4cc5c(cn4)OCCO5)[C@H](O)C3)c2c1. The van der Waals surface area contributed by atoms with Crippen molar-refractivity contribution in [1.82, 2.24) is 24.8 Å². The summed E-state index contributed by atoms with van der Waals surface area (Å²) in [5.41, 5.74) is 2.28. The van der Waals surface area contributed by atoms with Crippen LogP contribution in [-0.4, -0.2) is 76.1 Å². The van der Waals surface area contributed by atoms with Crippen molar-refractivity contribution in [3.05, 3.63) is 52.7 Å². The topological polar surface area (TPSA) is 111 Å². The second-order valence-corrected chi connectivity index (χ2v) is 8.79. The second kappa shape index (κ2) is 10.6. The Hall–Kier alpha value is -3.21. The van der Waals surface area contributed by atoms with Crippen molar-refractivity contribution in [2.75, 3.05) is 39.5 Å². The van der Waals surface area contributed by atoms with E-state index >= 15 is 0 Å². The van der Waals surface area contributed by atoms with Crippen LogP contribution in [0.1, 0.15) is 19.0 Å². The minimum atomic E-state index is -0.517. The van der Waals surface area contributed by atoms with Crippen molar-refractivity contribution >= 4 is 11.0 Å². The molecule has 0 bridgehead atoms. The first-order valence-electron chi connectivity index (χ1n) is 12.1. The predicted octanol–water partition coefficient (Wildman–Crippen LogP) is 1.19. The van der Waals surface area contributed by atoms with E-state index in [2.05, 4.69) is 20.2 Å². The van der Waals surface area contributed by atoms with Gasteiger partial charge in [0.1, 0.15) is 19.0 Å². The standard InChI is InChI=1S/C25H31N5O5/c1-2-33-18-12-21-19(28-14-18)3-4-25(32)30(21)8-7-29-6-5-20(22(31)16-29)27-13-17-11-23-24(15-26-17)35-10-9-34-23/h3-4,11-12,14-15,20,22,27,31H,2,5-10,13,16H2,1H3/t20-,22+/m0/s1. The molecule has 1 fully saturated rings. The van der Waals surface area contributed by atoms with Gasteiger partial charge in [-0.1, -0.05) is 0 Å². The number of hydrogen-bond acceptors (Lipinski definition) is 9. The molecule has 2 aliphatic rings. The lowest BCUT2D eigenvalue weighted by Gasteiger charge is -2.36. The highest BCUT2D eigenvalue weighted by Crippen LogP contribution is 2.29. The number of aliphatic hydroxyl groups is 1. The van der Waals surface area contributed by atoms with Gasteiger partial charge >= 0.3 is 0 Å².